The van der Waals surface area contributed by atoms with Gasteiger partial charge in [0.2, 0.25) is 0 Å². The van der Waals surface area contributed by atoms with Gasteiger partial charge in [0.25, 0.3) is 9.05 Å². The molecule has 0 spiro atoms. The van der Waals surface area contributed by atoms with Gasteiger partial charge in [-0.1, -0.05) is 17.7 Å². The second-order valence-electron chi connectivity index (χ2n) is 2.64. The van der Waals surface area contributed by atoms with Crippen LogP contribution in [0, 0.1) is 0 Å². The maximum absolute atomic E-state index is 11.1. The molecule has 0 aromatic heterocycles. The molecule has 6 heteroatoms. The zero-order valence-corrected chi connectivity index (χ0v) is 10.5. The van der Waals surface area contributed by atoms with Gasteiger partial charge in [0, 0.05) is 16.4 Å². The number of hydrogen-bond acceptors (Lipinski definition) is 3. The molecule has 1 aromatic carbocycles. The maximum Gasteiger partial charge on any atom is 0.262 e. The number of benzene rings is 1. The van der Waals surface area contributed by atoms with E-state index < -0.39 is 9.05 Å². The van der Waals surface area contributed by atoms with Crippen LogP contribution >= 0.6 is 34.0 Å². The Labute approximate surface area is 97.0 Å². The summed E-state index contributed by atoms with van der Waals surface area (Å²) in [5, 5.41) is 0.157. The summed E-state index contributed by atoms with van der Waals surface area (Å²) in [6.07, 6.45) is 1.93. The molecule has 0 unspecified atom stereocenters. The predicted molar refractivity (Wildman–Crippen MR) is 61.7 cm³/mol. The minimum atomic E-state index is -3.74. The van der Waals surface area contributed by atoms with E-state index in [1.54, 1.807) is 23.9 Å². The average molecular weight is 271 g/mol. The Morgan fingerprint density at radius 2 is 2.07 bits per heavy atom. The Kier molecular flexibility index (Phi) is 4.13. The molecule has 0 aliphatic heterocycles. The van der Waals surface area contributed by atoms with E-state index in [0.717, 1.165) is 11.3 Å². The highest BCUT2D eigenvalue weighted by atomic mass is 35.7. The van der Waals surface area contributed by atoms with Crippen molar-refractivity contribution < 1.29 is 8.42 Å². The number of halogens is 2. The highest BCUT2D eigenvalue weighted by Crippen LogP contribution is 2.26. The summed E-state index contributed by atoms with van der Waals surface area (Å²) < 4.78 is 22.2. The molecule has 0 radical (unpaired) electrons. The van der Waals surface area contributed by atoms with E-state index in [2.05, 4.69) is 0 Å². The van der Waals surface area contributed by atoms with Crippen molar-refractivity contribution in [3.8, 4) is 0 Å². The zero-order chi connectivity index (χ0) is 10.8. The van der Waals surface area contributed by atoms with Crippen molar-refractivity contribution in [3.05, 3.63) is 28.8 Å². The topological polar surface area (TPSA) is 34.1 Å². The highest BCUT2D eigenvalue weighted by molar-refractivity contribution is 8.13. The predicted octanol–water partition coefficient (Wildman–Crippen LogP) is 3.13. The van der Waals surface area contributed by atoms with Gasteiger partial charge >= 0.3 is 0 Å². The maximum atomic E-state index is 11.1. The molecule has 2 nitrogen and oxygen atoms in total. The van der Waals surface area contributed by atoms with Crippen LogP contribution in [-0.4, -0.2) is 14.7 Å². The van der Waals surface area contributed by atoms with E-state index in [1.807, 2.05) is 6.26 Å². The SMILES string of the molecule is CSCc1ccc(Cl)c(S(=O)(=O)Cl)c1. The normalized spacial score (nSPS) is 11.6. The third kappa shape index (κ3) is 3.05. The van der Waals surface area contributed by atoms with Gasteiger partial charge < -0.3 is 0 Å². The number of hydrogen-bond donors (Lipinski definition) is 0. The summed E-state index contributed by atoms with van der Waals surface area (Å²) in [5.74, 6) is 0.733. The molecule has 0 heterocycles. The van der Waals surface area contributed by atoms with Crippen molar-refractivity contribution >= 4 is 43.1 Å². The van der Waals surface area contributed by atoms with E-state index in [4.69, 9.17) is 22.3 Å². The van der Waals surface area contributed by atoms with Crippen LogP contribution in [0.3, 0.4) is 0 Å². The van der Waals surface area contributed by atoms with E-state index in [1.165, 1.54) is 6.07 Å². The Balaban J connectivity index is 3.22. The highest BCUT2D eigenvalue weighted by Gasteiger charge is 2.14. The first-order valence-corrected chi connectivity index (χ1v) is 7.75. The summed E-state index contributed by atoms with van der Waals surface area (Å²) in [6.45, 7) is 0. The number of thioether (sulfide) groups is 1. The van der Waals surface area contributed by atoms with Gasteiger partial charge in [-0.15, -0.1) is 0 Å². The smallest absolute Gasteiger partial charge is 0.207 e. The molecule has 0 saturated carbocycles. The largest absolute Gasteiger partial charge is 0.262 e. The quantitative estimate of drug-likeness (QED) is 0.792. The van der Waals surface area contributed by atoms with Crippen molar-refractivity contribution in [1.29, 1.82) is 0 Å². The molecule has 1 aromatic rings. The van der Waals surface area contributed by atoms with Crippen molar-refractivity contribution in [2.24, 2.45) is 0 Å². The molecule has 0 aliphatic carbocycles. The Hall–Kier alpha value is 0.1000. The molecule has 0 bridgehead atoms. The van der Waals surface area contributed by atoms with Crippen LogP contribution in [0.2, 0.25) is 5.02 Å². The first-order chi connectivity index (χ1) is 6.45. The Morgan fingerprint density at radius 1 is 1.43 bits per heavy atom. The van der Waals surface area contributed by atoms with Gasteiger partial charge in [0.15, 0.2) is 0 Å². The average Bonchev–Trinajstić information content (AvgIpc) is 2.07. The lowest BCUT2D eigenvalue weighted by molar-refractivity contribution is 0.609. The first kappa shape index (κ1) is 12.2. The Bertz CT molecular complexity index is 429. The van der Waals surface area contributed by atoms with Crippen LogP contribution in [0.25, 0.3) is 0 Å². The standard InChI is InChI=1S/C8H8Cl2O2S2/c1-13-5-6-2-3-7(9)8(4-6)14(10,11)12/h2-4H,5H2,1H3. The third-order valence-electron chi connectivity index (χ3n) is 1.57. The molecule has 14 heavy (non-hydrogen) atoms. The third-order valence-corrected chi connectivity index (χ3v) is 3.99. The van der Waals surface area contributed by atoms with Crippen LogP contribution in [0.1, 0.15) is 5.56 Å². The molecule has 78 valence electrons. The molecular formula is C8H8Cl2O2S2. The van der Waals surface area contributed by atoms with E-state index in [0.29, 0.717) is 0 Å². The summed E-state index contributed by atoms with van der Waals surface area (Å²) >= 11 is 7.31. The van der Waals surface area contributed by atoms with E-state index in [9.17, 15) is 8.42 Å². The van der Waals surface area contributed by atoms with Crippen LogP contribution < -0.4 is 0 Å². The van der Waals surface area contributed by atoms with Crippen molar-refractivity contribution in [3.63, 3.8) is 0 Å². The minimum Gasteiger partial charge on any atom is -0.207 e. The Morgan fingerprint density at radius 3 is 2.57 bits per heavy atom. The fourth-order valence-corrected chi connectivity index (χ4v) is 3.02. The van der Waals surface area contributed by atoms with Gasteiger partial charge in [-0.25, -0.2) is 8.42 Å². The van der Waals surface area contributed by atoms with Crippen LogP contribution in [0.15, 0.2) is 23.1 Å². The second-order valence-corrected chi connectivity index (χ2v) is 6.44. The minimum absolute atomic E-state index is 0.0209. The fourth-order valence-electron chi connectivity index (χ4n) is 0.991. The van der Waals surface area contributed by atoms with Crippen LogP contribution in [-0.2, 0) is 14.8 Å². The van der Waals surface area contributed by atoms with Gasteiger partial charge in [-0.3, -0.25) is 0 Å². The lowest BCUT2D eigenvalue weighted by Crippen LogP contribution is -1.93. The van der Waals surface area contributed by atoms with Crippen LogP contribution in [0.4, 0.5) is 0 Å². The zero-order valence-electron chi connectivity index (χ0n) is 7.33. The van der Waals surface area contributed by atoms with Gasteiger partial charge in [0.1, 0.15) is 4.90 Å². The monoisotopic (exact) mass is 270 g/mol. The van der Waals surface area contributed by atoms with Gasteiger partial charge in [0.05, 0.1) is 5.02 Å². The van der Waals surface area contributed by atoms with E-state index in [-0.39, 0.29) is 9.92 Å². The first-order valence-electron chi connectivity index (χ1n) is 3.67. The molecule has 1 rings (SSSR count). The lowest BCUT2D eigenvalue weighted by Gasteiger charge is -2.03. The van der Waals surface area contributed by atoms with Crippen molar-refractivity contribution in [1.82, 2.24) is 0 Å². The molecule has 0 atom stereocenters. The van der Waals surface area contributed by atoms with E-state index >= 15 is 0 Å². The summed E-state index contributed by atoms with van der Waals surface area (Å²) in [6, 6.07) is 4.83. The second kappa shape index (κ2) is 4.75. The number of rotatable bonds is 3. The van der Waals surface area contributed by atoms with Crippen molar-refractivity contribution in [2.75, 3.05) is 6.26 Å². The molecular weight excluding hydrogens is 263 g/mol. The van der Waals surface area contributed by atoms with Crippen LogP contribution in [0.5, 0.6) is 0 Å². The van der Waals surface area contributed by atoms with Gasteiger partial charge in [-0.05, 0) is 24.0 Å². The summed E-state index contributed by atoms with van der Waals surface area (Å²) in [4.78, 5) is -0.0209. The van der Waals surface area contributed by atoms with Gasteiger partial charge in [-0.2, -0.15) is 11.8 Å². The summed E-state index contributed by atoms with van der Waals surface area (Å²) in [5.41, 5.74) is 0.890. The molecule has 0 amide bonds. The molecule has 0 fully saturated rings. The van der Waals surface area contributed by atoms with Crippen molar-refractivity contribution in [2.45, 2.75) is 10.6 Å². The molecule has 0 saturated heterocycles. The fraction of sp³-hybridized carbons (Fsp3) is 0.250. The lowest BCUT2D eigenvalue weighted by atomic mass is 10.2. The summed E-state index contributed by atoms with van der Waals surface area (Å²) in [7, 11) is 1.47. The molecule has 0 aliphatic rings. The molecule has 0 N–H and O–H groups in total.